The highest BCUT2D eigenvalue weighted by molar-refractivity contribution is 5.66. The molecule has 1 aromatic heterocycles. The van der Waals surface area contributed by atoms with Gasteiger partial charge in [-0.2, -0.15) is 0 Å². The normalized spacial score (nSPS) is 10.6. The van der Waals surface area contributed by atoms with Gasteiger partial charge in [-0.15, -0.1) is 0 Å². The zero-order valence-corrected chi connectivity index (χ0v) is 10.8. The van der Waals surface area contributed by atoms with Gasteiger partial charge in [0.25, 0.3) is 5.56 Å². The number of carbonyl (C=O) groups is 1. The molecule has 100 valence electrons. The lowest BCUT2D eigenvalue weighted by atomic mass is 10.1. The lowest BCUT2D eigenvalue weighted by Crippen LogP contribution is -2.22. The third kappa shape index (κ3) is 4.61. The van der Waals surface area contributed by atoms with Gasteiger partial charge in [0, 0.05) is 12.7 Å². The van der Waals surface area contributed by atoms with Gasteiger partial charge in [0.05, 0.1) is 13.0 Å². The average Bonchev–Trinajstić information content (AvgIpc) is 2.29. The van der Waals surface area contributed by atoms with Crippen LogP contribution in [0.3, 0.4) is 0 Å². The first-order chi connectivity index (χ1) is 8.50. The van der Waals surface area contributed by atoms with Crippen molar-refractivity contribution in [2.24, 2.45) is 5.92 Å². The molecule has 5 heteroatoms. The van der Waals surface area contributed by atoms with Crippen molar-refractivity contribution < 1.29 is 14.6 Å². The number of nitrogens with zero attached hydrogens (tertiary/aromatic N) is 1. The van der Waals surface area contributed by atoms with Crippen molar-refractivity contribution in [3.63, 3.8) is 0 Å². The van der Waals surface area contributed by atoms with Crippen molar-refractivity contribution in [1.29, 1.82) is 0 Å². The molecule has 5 nitrogen and oxygen atoms in total. The largest absolute Gasteiger partial charge is 0.488 e. The standard InChI is InChI=1S/C13H19NO4/c1-10(2)6-9-18-11-4-3-7-14(13(11)17)8-5-12(15)16/h3-4,7,10H,5-6,8-9H2,1-2H3,(H,15,16). The van der Waals surface area contributed by atoms with Crippen LogP contribution in [0.5, 0.6) is 5.75 Å². The molecule has 1 aromatic rings. The number of hydrogen-bond acceptors (Lipinski definition) is 3. The zero-order valence-electron chi connectivity index (χ0n) is 10.8. The maximum absolute atomic E-state index is 11.9. The first kappa shape index (κ1) is 14.3. The Labute approximate surface area is 106 Å². The second-order valence-corrected chi connectivity index (χ2v) is 4.55. The molecule has 0 aromatic carbocycles. The third-order valence-electron chi connectivity index (χ3n) is 2.50. The van der Waals surface area contributed by atoms with E-state index in [1.807, 2.05) is 0 Å². The minimum atomic E-state index is -0.923. The predicted octanol–water partition coefficient (Wildman–Crippen LogP) is 1.75. The topological polar surface area (TPSA) is 68.5 Å². The number of hydrogen-bond donors (Lipinski definition) is 1. The van der Waals surface area contributed by atoms with Crippen LogP contribution < -0.4 is 10.3 Å². The number of aliphatic carboxylic acids is 1. The van der Waals surface area contributed by atoms with Gasteiger partial charge in [-0.1, -0.05) is 13.8 Å². The molecule has 0 amide bonds. The smallest absolute Gasteiger partial charge is 0.305 e. The summed E-state index contributed by atoms with van der Waals surface area (Å²) in [6, 6.07) is 3.30. The summed E-state index contributed by atoms with van der Waals surface area (Å²) in [6.45, 7) is 4.82. The van der Waals surface area contributed by atoms with Crippen molar-refractivity contribution >= 4 is 5.97 Å². The number of rotatable bonds is 7. The summed E-state index contributed by atoms with van der Waals surface area (Å²) in [7, 11) is 0. The van der Waals surface area contributed by atoms with E-state index in [9.17, 15) is 9.59 Å². The Bertz CT molecular complexity index is 451. The van der Waals surface area contributed by atoms with Crippen molar-refractivity contribution in [2.75, 3.05) is 6.61 Å². The van der Waals surface area contributed by atoms with E-state index in [-0.39, 0.29) is 24.3 Å². The van der Waals surface area contributed by atoms with Gasteiger partial charge in [-0.25, -0.2) is 0 Å². The molecule has 0 aliphatic rings. The van der Waals surface area contributed by atoms with Crippen molar-refractivity contribution in [3.8, 4) is 5.75 Å². The molecule has 0 bridgehead atoms. The lowest BCUT2D eigenvalue weighted by molar-refractivity contribution is -0.137. The Kier molecular flexibility index (Phi) is 5.42. The maximum Gasteiger partial charge on any atom is 0.305 e. The van der Waals surface area contributed by atoms with Crippen LogP contribution >= 0.6 is 0 Å². The summed E-state index contributed by atoms with van der Waals surface area (Å²) < 4.78 is 6.77. The van der Waals surface area contributed by atoms with Crippen LogP contribution in [0.1, 0.15) is 26.7 Å². The van der Waals surface area contributed by atoms with Crippen LogP contribution in [-0.2, 0) is 11.3 Å². The van der Waals surface area contributed by atoms with E-state index in [1.54, 1.807) is 18.3 Å². The monoisotopic (exact) mass is 253 g/mol. The maximum atomic E-state index is 11.9. The van der Waals surface area contributed by atoms with Gasteiger partial charge in [0.2, 0.25) is 0 Å². The molecule has 0 saturated heterocycles. The average molecular weight is 253 g/mol. The second-order valence-electron chi connectivity index (χ2n) is 4.55. The van der Waals surface area contributed by atoms with E-state index in [0.29, 0.717) is 12.5 Å². The Hall–Kier alpha value is -1.78. The van der Waals surface area contributed by atoms with Gasteiger partial charge in [0.1, 0.15) is 0 Å². The minimum absolute atomic E-state index is 0.0741. The number of ether oxygens (including phenoxy) is 1. The zero-order chi connectivity index (χ0) is 13.5. The van der Waals surface area contributed by atoms with Gasteiger partial charge >= 0.3 is 5.97 Å². The molecule has 0 fully saturated rings. The molecule has 18 heavy (non-hydrogen) atoms. The van der Waals surface area contributed by atoms with Crippen molar-refractivity contribution in [2.45, 2.75) is 33.2 Å². The van der Waals surface area contributed by atoms with E-state index >= 15 is 0 Å². The highest BCUT2D eigenvalue weighted by atomic mass is 16.5. The van der Waals surface area contributed by atoms with Gasteiger partial charge in [-0.3, -0.25) is 9.59 Å². The van der Waals surface area contributed by atoms with Gasteiger partial charge in [-0.05, 0) is 24.5 Å². The van der Waals surface area contributed by atoms with E-state index in [1.165, 1.54) is 4.57 Å². The fourth-order valence-electron chi connectivity index (χ4n) is 1.42. The van der Waals surface area contributed by atoms with E-state index < -0.39 is 5.97 Å². The van der Waals surface area contributed by atoms with Crippen molar-refractivity contribution in [3.05, 3.63) is 28.7 Å². The molecule has 0 atom stereocenters. The first-order valence-electron chi connectivity index (χ1n) is 6.04. The van der Waals surface area contributed by atoms with Crippen LogP contribution in [0.25, 0.3) is 0 Å². The summed E-state index contributed by atoms with van der Waals surface area (Å²) in [5, 5.41) is 8.59. The summed E-state index contributed by atoms with van der Waals surface area (Å²) in [5.74, 6) is -0.125. The molecule has 1 rings (SSSR count). The molecule has 0 unspecified atom stereocenters. The summed E-state index contributed by atoms with van der Waals surface area (Å²) in [6.07, 6.45) is 2.37. The number of carboxylic acids is 1. The Morgan fingerprint density at radius 2 is 2.22 bits per heavy atom. The Balaban J connectivity index is 2.66. The molecular formula is C13H19NO4. The third-order valence-corrected chi connectivity index (χ3v) is 2.50. The Morgan fingerprint density at radius 3 is 2.83 bits per heavy atom. The number of aromatic nitrogens is 1. The fourth-order valence-corrected chi connectivity index (χ4v) is 1.42. The molecule has 0 spiro atoms. The molecule has 0 aliphatic carbocycles. The van der Waals surface area contributed by atoms with E-state index in [2.05, 4.69) is 13.8 Å². The molecule has 1 heterocycles. The van der Waals surface area contributed by atoms with Crippen LogP contribution in [0.4, 0.5) is 0 Å². The molecule has 0 aliphatic heterocycles. The first-order valence-corrected chi connectivity index (χ1v) is 6.04. The summed E-state index contributed by atoms with van der Waals surface area (Å²) in [5.41, 5.74) is -0.275. The van der Waals surface area contributed by atoms with Crippen LogP contribution in [-0.4, -0.2) is 22.2 Å². The SMILES string of the molecule is CC(C)CCOc1cccn(CCC(=O)O)c1=O. The van der Waals surface area contributed by atoms with Crippen LogP contribution in [0, 0.1) is 5.92 Å². The highest BCUT2D eigenvalue weighted by Crippen LogP contribution is 2.05. The summed E-state index contributed by atoms with van der Waals surface area (Å²) in [4.78, 5) is 22.4. The quantitative estimate of drug-likeness (QED) is 0.803. The number of aryl methyl sites for hydroxylation is 1. The van der Waals surface area contributed by atoms with Crippen LogP contribution in [0.15, 0.2) is 23.1 Å². The number of pyridine rings is 1. The molecule has 0 saturated carbocycles. The van der Waals surface area contributed by atoms with Gasteiger partial charge in [0.15, 0.2) is 5.75 Å². The second kappa shape index (κ2) is 6.83. The number of carboxylic acid groups (broad SMARTS) is 1. The van der Waals surface area contributed by atoms with Crippen LogP contribution in [0.2, 0.25) is 0 Å². The molecule has 0 radical (unpaired) electrons. The predicted molar refractivity (Wildman–Crippen MR) is 67.9 cm³/mol. The van der Waals surface area contributed by atoms with Gasteiger partial charge < -0.3 is 14.4 Å². The van der Waals surface area contributed by atoms with E-state index in [4.69, 9.17) is 9.84 Å². The van der Waals surface area contributed by atoms with E-state index in [0.717, 1.165) is 6.42 Å². The molecular weight excluding hydrogens is 234 g/mol. The van der Waals surface area contributed by atoms with Crippen molar-refractivity contribution in [1.82, 2.24) is 4.57 Å². The highest BCUT2D eigenvalue weighted by Gasteiger charge is 2.06. The summed E-state index contributed by atoms with van der Waals surface area (Å²) >= 11 is 0. The minimum Gasteiger partial charge on any atom is -0.488 e. The molecule has 1 N–H and O–H groups in total. The Morgan fingerprint density at radius 1 is 1.50 bits per heavy atom. The lowest BCUT2D eigenvalue weighted by Gasteiger charge is -2.09. The fraction of sp³-hybridized carbons (Fsp3) is 0.538.